The smallest absolute Gasteiger partial charge is 0.239 e. The van der Waals surface area contributed by atoms with E-state index in [-0.39, 0.29) is 11.4 Å². The fourth-order valence-corrected chi connectivity index (χ4v) is 4.30. The van der Waals surface area contributed by atoms with Crippen LogP contribution in [0.4, 0.5) is 19.0 Å². The number of carbonyl (C=O) groups is 1. The highest BCUT2D eigenvalue weighted by molar-refractivity contribution is 6.30. The quantitative estimate of drug-likeness (QED) is 0.229. The van der Waals surface area contributed by atoms with E-state index >= 15 is 0 Å². The molecule has 0 aliphatic heterocycles. The first-order chi connectivity index (χ1) is 17.9. The Morgan fingerprint density at radius 3 is 2.54 bits per heavy atom. The molecule has 37 heavy (non-hydrogen) atoms. The number of carbonyl (C=O) groups excluding carboxylic acids is 1. The second-order valence-electron chi connectivity index (χ2n) is 8.27. The lowest BCUT2D eigenvalue weighted by Gasteiger charge is -2.17. The van der Waals surface area contributed by atoms with Gasteiger partial charge in [-0.25, -0.2) is 23.1 Å². The fraction of sp³-hybridized carbons (Fsp3) is 0.111. The Morgan fingerprint density at radius 2 is 1.81 bits per heavy atom. The van der Waals surface area contributed by atoms with Gasteiger partial charge in [0.25, 0.3) is 0 Å². The molecule has 0 aliphatic carbocycles. The van der Waals surface area contributed by atoms with Gasteiger partial charge in [0.15, 0.2) is 0 Å². The summed E-state index contributed by atoms with van der Waals surface area (Å²) in [7, 11) is 0. The molecule has 10 heteroatoms. The van der Waals surface area contributed by atoms with Gasteiger partial charge < -0.3 is 10.3 Å². The first kappa shape index (κ1) is 24.5. The number of H-pyrrole nitrogens is 1. The third-order valence-corrected chi connectivity index (χ3v) is 6.04. The minimum atomic E-state index is -2.73. The van der Waals surface area contributed by atoms with Gasteiger partial charge in [-0.3, -0.25) is 9.78 Å². The molecule has 0 spiro atoms. The van der Waals surface area contributed by atoms with Crippen LogP contribution < -0.4 is 5.32 Å². The molecule has 1 atom stereocenters. The minimum Gasteiger partial charge on any atom is -0.353 e. The summed E-state index contributed by atoms with van der Waals surface area (Å²) in [5.41, 5.74) is 4.34. The number of hydrogen-bond acceptors (Lipinski definition) is 4. The van der Waals surface area contributed by atoms with Gasteiger partial charge in [-0.2, -0.15) is 0 Å². The van der Waals surface area contributed by atoms with Crippen molar-refractivity contribution in [1.82, 2.24) is 19.9 Å². The van der Waals surface area contributed by atoms with Crippen molar-refractivity contribution in [3.63, 3.8) is 0 Å². The molecule has 5 rings (SSSR count). The Hall–Kier alpha value is -4.24. The fourth-order valence-electron chi connectivity index (χ4n) is 4.15. The highest BCUT2D eigenvalue weighted by Crippen LogP contribution is 2.37. The first-order valence-corrected chi connectivity index (χ1v) is 11.7. The summed E-state index contributed by atoms with van der Waals surface area (Å²) in [5, 5.41) is 2.95. The lowest BCUT2D eigenvalue weighted by Crippen LogP contribution is -2.23. The largest absolute Gasteiger partial charge is 0.353 e. The molecule has 4 heterocycles. The number of fused-ring (bicyclic) bond motifs is 1. The standard InChI is InChI=1S/C27H19ClF3N5O/c28-21-9-8-20-26(35-21)24(19-3-1-2-11-32-19)25(34-20)16-10-12-33-23(13-16)36-27(37)18(14-22(30)31)15-4-6-17(29)7-5-15/h1-13,18,22,34H,14H2,(H,33,36,37). The average Bonchev–Trinajstić information content (AvgIpc) is 3.27. The number of halogens is 4. The molecule has 6 nitrogen and oxygen atoms in total. The number of nitrogens with one attached hydrogen (secondary N) is 2. The number of rotatable bonds is 7. The molecule has 0 bridgehead atoms. The van der Waals surface area contributed by atoms with Crippen molar-refractivity contribution in [2.24, 2.45) is 0 Å². The van der Waals surface area contributed by atoms with Crippen LogP contribution in [0.5, 0.6) is 0 Å². The lowest BCUT2D eigenvalue weighted by atomic mass is 9.95. The van der Waals surface area contributed by atoms with Crippen molar-refractivity contribution in [2.45, 2.75) is 18.8 Å². The number of anilines is 1. The monoisotopic (exact) mass is 521 g/mol. The van der Waals surface area contributed by atoms with Gasteiger partial charge in [-0.05, 0) is 54.1 Å². The molecule has 0 fully saturated rings. The van der Waals surface area contributed by atoms with E-state index in [9.17, 15) is 18.0 Å². The molecule has 1 aromatic carbocycles. The van der Waals surface area contributed by atoms with E-state index in [1.165, 1.54) is 18.3 Å². The normalized spacial score (nSPS) is 12.1. The molecule has 5 aromatic rings. The maximum absolute atomic E-state index is 13.3. The summed E-state index contributed by atoms with van der Waals surface area (Å²) >= 11 is 6.16. The Labute approximate surface area is 214 Å². The van der Waals surface area contributed by atoms with Gasteiger partial charge in [-0.15, -0.1) is 0 Å². The highest BCUT2D eigenvalue weighted by atomic mass is 35.5. The van der Waals surface area contributed by atoms with E-state index in [1.807, 2.05) is 18.2 Å². The van der Waals surface area contributed by atoms with Gasteiger partial charge in [-0.1, -0.05) is 29.8 Å². The number of aromatic nitrogens is 4. The van der Waals surface area contributed by atoms with E-state index in [1.54, 1.807) is 30.5 Å². The molecule has 0 saturated carbocycles. The number of alkyl halides is 2. The van der Waals surface area contributed by atoms with Crippen LogP contribution in [0.25, 0.3) is 33.5 Å². The minimum absolute atomic E-state index is 0.167. The Bertz CT molecular complexity index is 1560. The van der Waals surface area contributed by atoms with Crippen LogP contribution in [0.15, 0.2) is 79.1 Å². The lowest BCUT2D eigenvalue weighted by molar-refractivity contribution is -0.118. The van der Waals surface area contributed by atoms with E-state index in [2.05, 4.69) is 25.3 Å². The Morgan fingerprint density at radius 1 is 1.00 bits per heavy atom. The van der Waals surface area contributed by atoms with Crippen molar-refractivity contribution >= 4 is 34.4 Å². The zero-order valence-electron chi connectivity index (χ0n) is 19.1. The van der Waals surface area contributed by atoms with E-state index in [4.69, 9.17) is 11.6 Å². The molecule has 0 radical (unpaired) electrons. The van der Waals surface area contributed by atoms with Crippen molar-refractivity contribution in [1.29, 1.82) is 0 Å². The first-order valence-electron chi connectivity index (χ1n) is 11.3. The van der Waals surface area contributed by atoms with Gasteiger partial charge in [0, 0.05) is 24.4 Å². The zero-order chi connectivity index (χ0) is 25.9. The number of hydrogen-bond donors (Lipinski definition) is 2. The number of benzene rings is 1. The van der Waals surface area contributed by atoms with Gasteiger partial charge in [0.1, 0.15) is 16.8 Å². The van der Waals surface area contributed by atoms with Crippen LogP contribution in [-0.4, -0.2) is 32.3 Å². The van der Waals surface area contributed by atoms with Crippen LogP contribution >= 0.6 is 11.6 Å². The number of amides is 1. The maximum Gasteiger partial charge on any atom is 0.239 e. The molecule has 1 unspecified atom stereocenters. The van der Waals surface area contributed by atoms with Crippen LogP contribution in [-0.2, 0) is 4.79 Å². The maximum atomic E-state index is 13.3. The van der Waals surface area contributed by atoms with Crippen LogP contribution in [0, 0.1) is 5.82 Å². The van der Waals surface area contributed by atoms with Gasteiger partial charge >= 0.3 is 0 Å². The second kappa shape index (κ2) is 10.4. The van der Waals surface area contributed by atoms with Crippen molar-refractivity contribution in [2.75, 3.05) is 5.32 Å². The summed E-state index contributed by atoms with van der Waals surface area (Å²) in [4.78, 5) is 29.5. The third-order valence-electron chi connectivity index (χ3n) is 5.83. The van der Waals surface area contributed by atoms with Gasteiger partial charge in [0.05, 0.1) is 33.9 Å². The zero-order valence-corrected chi connectivity index (χ0v) is 19.9. The van der Waals surface area contributed by atoms with Gasteiger partial charge in [0.2, 0.25) is 12.3 Å². The van der Waals surface area contributed by atoms with E-state index < -0.39 is 30.5 Å². The van der Waals surface area contributed by atoms with E-state index in [0.717, 1.165) is 17.6 Å². The van der Waals surface area contributed by atoms with Crippen molar-refractivity contribution in [3.8, 4) is 22.5 Å². The summed E-state index contributed by atoms with van der Waals surface area (Å²) in [6.45, 7) is 0. The SMILES string of the molecule is O=C(Nc1cc(-c2[nH]c3ccc(Cl)nc3c2-c2ccccn2)ccn1)C(CC(F)F)c1ccc(F)cc1. The van der Waals surface area contributed by atoms with Crippen molar-refractivity contribution in [3.05, 3.63) is 95.7 Å². The van der Waals surface area contributed by atoms with Crippen LogP contribution in [0.2, 0.25) is 5.15 Å². The molecule has 0 saturated heterocycles. The molecule has 2 N–H and O–H groups in total. The van der Waals surface area contributed by atoms with E-state index in [0.29, 0.717) is 33.2 Å². The molecular formula is C27H19ClF3N5O. The number of nitrogens with zero attached hydrogens (tertiary/aromatic N) is 3. The number of pyridine rings is 3. The van der Waals surface area contributed by atoms with Crippen molar-refractivity contribution < 1.29 is 18.0 Å². The summed E-state index contributed by atoms with van der Waals surface area (Å²) in [6, 6.07) is 17.3. The van der Waals surface area contributed by atoms with Crippen LogP contribution in [0.1, 0.15) is 17.9 Å². The second-order valence-corrected chi connectivity index (χ2v) is 8.66. The predicted octanol–water partition coefficient (Wildman–Crippen LogP) is 6.86. The average molecular weight is 522 g/mol. The molecule has 0 aliphatic rings. The Balaban J connectivity index is 1.52. The molecule has 1 amide bonds. The molecular weight excluding hydrogens is 503 g/mol. The highest BCUT2D eigenvalue weighted by Gasteiger charge is 2.26. The Kier molecular flexibility index (Phi) is 6.87. The summed E-state index contributed by atoms with van der Waals surface area (Å²) in [5.74, 6) is -2.21. The molecule has 186 valence electrons. The topological polar surface area (TPSA) is 83.6 Å². The predicted molar refractivity (Wildman–Crippen MR) is 136 cm³/mol. The van der Waals surface area contributed by atoms with Crippen LogP contribution in [0.3, 0.4) is 0 Å². The summed E-state index contributed by atoms with van der Waals surface area (Å²) < 4.78 is 39.9. The summed E-state index contributed by atoms with van der Waals surface area (Å²) in [6.07, 6.45) is -0.278. The number of aromatic amines is 1. The third kappa shape index (κ3) is 5.31. The molecule has 4 aromatic heterocycles.